The van der Waals surface area contributed by atoms with E-state index < -0.39 is 0 Å². The van der Waals surface area contributed by atoms with Crippen molar-refractivity contribution in [2.45, 2.75) is 38.6 Å². The van der Waals surface area contributed by atoms with Gasteiger partial charge in [-0.05, 0) is 38.2 Å². The molecule has 1 aliphatic carbocycles. The molecule has 0 amide bonds. The topological polar surface area (TPSA) is 29.1 Å². The van der Waals surface area contributed by atoms with Crippen LogP contribution in [-0.4, -0.2) is 6.29 Å². The third kappa shape index (κ3) is 2.96. The molecule has 2 rings (SSSR count). The van der Waals surface area contributed by atoms with Gasteiger partial charge in [0.05, 0.1) is 0 Å². The van der Waals surface area contributed by atoms with Crippen LogP contribution >= 0.6 is 0 Å². The van der Waals surface area contributed by atoms with E-state index in [-0.39, 0.29) is 6.04 Å². The highest BCUT2D eigenvalue weighted by Crippen LogP contribution is 2.24. The first-order valence-corrected chi connectivity index (χ1v) is 6.30. The Balaban J connectivity index is 2.10. The third-order valence-electron chi connectivity index (χ3n) is 3.34. The molecule has 0 heterocycles. The van der Waals surface area contributed by atoms with Gasteiger partial charge in [0.1, 0.15) is 6.29 Å². The fraction of sp³-hybridized carbons (Fsp3) is 0.400. The van der Waals surface area contributed by atoms with Crippen LogP contribution in [0.4, 0.5) is 0 Å². The quantitative estimate of drug-likeness (QED) is 0.802. The first-order chi connectivity index (χ1) is 8.31. The average Bonchev–Trinajstić information content (AvgIpc) is 2.40. The molecule has 1 aromatic carbocycles. The summed E-state index contributed by atoms with van der Waals surface area (Å²) in [5.41, 5.74) is 3.36. The fourth-order valence-electron chi connectivity index (χ4n) is 2.31. The molecule has 0 saturated carbocycles. The van der Waals surface area contributed by atoms with Crippen LogP contribution in [0, 0.1) is 0 Å². The molecule has 17 heavy (non-hydrogen) atoms. The molecule has 0 unspecified atom stereocenters. The van der Waals surface area contributed by atoms with Crippen LogP contribution in [0.2, 0.25) is 0 Å². The lowest BCUT2D eigenvalue weighted by Crippen LogP contribution is -2.21. The van der Waals surface area contributed by atoms with Crippen molar-refractivity contribution in [1.29, 1.82) is 0 Å². The van der Waals surface area contributed by atoms with Crippen molar-refractivity contribution in [2.75, 3.05) is 0 Å². The lowest BCUT2D eigenvalue weighted by Gasteiger charge is -2.23. The van der Waals surface area contributed by atoms with Crippen LogP contribution in [0.25, 0.3) is 0 Å². The maximum absolute atomic E-state index is 11.0. The molecule has 1 atom stereocenters. The zero-order valence-electron chi connectivity index (χ0n) is 10.3. The van der Waals surface area contributed by atoms with Gasteiger partial charge >= 0.3 is 0 Å². The fourth-order valence-corrected chi connectivity index (χ4v) is 2.31. The van der Waals surface area contributed by atoms with Crippen molar-refractivity contribution < 1.29 is 4.79 Å². The van der Waals surface area contributed by atoms with Gasteiger partial charge < -0.3 is 5.32 Å². The minimum atomic E-state index is 0.263. The molecule has 0 bridgehead atoms. The van der Waals surface area contributed by atoms with Gasteiger partial charge in [-0.25, -0.2) is 0 Å². The van der Waals surface area contributed by atoms with Gasteiger partial charge in [-0.1, -0.05) is 30.3 Å². The number of allylic oxidation sites excluding steroid dienone is 2. The summed E-state index contributed by atoms with van der Waals surface area (Å²) < 4.78 is 0. The van der Waals surface area contributed by atoms with Gasteiger partial charge in [0.25, 0.3) is 0 Å². The van der Waals surface area contributed by atoms with Crippen molar-refractivity contribution in [3.05, 3.63) is 47.2 Å². The Morgan fingerprint density at radius 2 is 1.88 bits per heavy atom. The van der Waals surface area contributed by atoms with Crippen LogP contribution < -0.4 is 5.32 Å². The number of carbonyl (C=O) groups excluding carboxylic acids is 1. The molecule has 1 aromatic rings. The molecule has 0 aliphatic heterocycles. The van der Waals surface area contributed by atoms with Crippen LogP contribution in [0.15, 0.2) is 41.6 Å². The number of benzene rings is 1. The van der Waals surface area contributed by atoms with Gasteiger partial charge in [0.2, 0.25) is 0 Å². The molecule has 0 spiro atoms. The highest BCUT2D eigenvalue weighted by molar-refractivity contribution is 5.74. The van der Waals surface area contributed by atoms with Crippen LogP contribution in [0.3, 0.4) is 0 Å². The van der Waals surface area contributed by atoms with Crippen LogP contribution in [-0.2, 0) is 4.79 Å². The normalized spacial score (nSPS) is 17.7. The second-order valence-corrected chi connectivity index (χ2v) is 4.61. The number of nitrogens with one attached hydrogen (secondary N) is 1. The first kappa shape index (κ1) is 11.9. The minimum Gasteiger partial charge on any atom is -0.382 e. The molecular weight excluding hydrogens is 210 g/mol. The maximum atomic E-state index is 11.0. The van der Waals surface area contributed by atoms with E-state index in [0.717, 1.165) is 36.8 Å². The van der Waals surface area contributed by atoms with E-state index >= 15 is 0 Å². The summed E-state index contributed by atoms with van der Waals surface area (Å²) in [7, 11) is 0. The molecule has 0 radical (unpaired) electrons. The first-order valence-electron chi connectivity index (χ1n) is 6.30. The predicted molar refractivity (Wildman–Crippen MR) is 69.6 cm³/mol. The molecule has 0 saturated heterocycles. The second kappa shape index (κ2) is 5.67. The van der Waals surface area contributed by atoms with Crippen LogP contribution in [0.5, 0.6) is 0 Å². The third-order valence-corrected chi connectivity index (χ3v) is 3.34. The Bertz CT molecular complexity index is 408. The van der Waals surface area contributed by atoms with E-state index in [9.17, 15) is 4.79 Å². The molecule has 1 N–H and O–H groups in total. The van der Waals surface area contributed by atoms with E-state index in [0.29, 0.717) is 0 Å². The van der Waals surface area contributed by atoms with Gasteiger partial charge in [0.15, 0.2) is 0 Å². The number of rotatable bonds is 4. The lowest BCUT2D eigenvalue weighted by atomic mass is 9.96. The van der Waals surface area contributed by atoms with E-state index in [2.05, 4.69) is 24.4 Å². The predicted octanol–water partition coefficient (Wildman–Crippen LogP) is 3.36. The summed E-state index contributed by atoms with van der Waals surface area (Å²) in [6.45, 7) is 2.14. The van der Waals surface area contributed by atoms with Gasteiger partial charge in [-0.2, -0.15) is 0 Å². The maximum Gasteiger partial charge on any atom is 0.147 e. The Hall–Kier alpha value is -1.57. The SMILES string of the molecule is C[C@H](NC1=C(C=O)CCCC1)c1ccccc1. The van der Waals surface area contributed by atoms with Crippen molar-refractivity contribution >= 4 is 6.29 Å². The number of aldehydes is 1. The molecule has 2 heteroatoms. The summed E-state index contributed by atoms with van der Waals surface area (Å²) >= 11 is 0. The Morgan fingerprint density at radius 1 is 1.18 bits per heavy atom. The van der Waals surface area contributed by atoms with Crippen molar-refractivity contribution in [3.63, 3.8) is 0 Å². The van der Waals surface area contributed by atoms with Gasteiger partial charge in [-0.3, -0.25) is 4.79 Å². The highest BCUT2D eigenvalue weighted by atomic mass is 16.1. The molecule has 1 aliphatic rings. The van der Waals surface area contributed by atoms with Crippen molar-refractivity contribution in [3.8, 4) is 0 Å². The number of hydrogen-bond donors (Lipinski definition) is 1. The van der Waals surface area contributed by atoms with Crippen molar-refractivity contribution in [2.24, 2.45) is 0 Å². The lowest BCUT2D eigenvalue weighted by molar-refractivity contribution is -0.105. The molecule has 0 fully saturated rings. The Kier molecular flexibility index (Phi) is 3.97. The van der Waals surface area contributed by atoms with Gasteiger partial charge in [-0.15, -0.1) is 0 Å². The summed E-state index contributed by atoms with van der Waals surface area (Å²) in [6.07, 6.45) is 5.26. The summed E-state index contributed by atoms with van der Waals surface area (Å²) in [5, 5.41) is 3.48. The Labute approximate surface area is 103 Å². The number of carbonyl (C=O) groups is 1. The van der Waals surface area contributed by atoms with E-state index in [4.69, 9.17) is 0 Å². The zero-order chi connectivity index (χ0) is 12.1. The zero-order valence-corrected chi connectivity index (χ0v) is 10.3. The largest absolute Gasteiger partial charge is 0.382 e. The van der Waals surface area contributed by atoms with E-state index in [1.165, 1.54) is 12.0 Å². The van der Waals surface area contributed by atoms with Gasteiger partial charge in [0, 0.05) is 17.3 Å². The number of hydrogen-bond acceptors (Lipinski definition) is 2. The minimum absolute atomic E-state index is 0.263. The van der Waals surface area contributed by atoms with Crippen LogP contribution in [0.1, 0.15) is 44.2 Å². The summed E-state index contributed by atoms with van der Waals surface area (Å²) in [4.78, 5) is 11.0. The summed E-state index contributed by atoms with van der Waals surface area (Å²) in [6, 6.07) is 10.6. The van der Waals surface area contributed by atoms with E-state index in [1.807, 2.05) is 18.2 Å². The molecule has 0 aromatic heterocycles. The molecular formula is C15H19NO. The van der Waals surface area contributed by atoms with Crippen molar-refractivity contribution in [1.82, 2.24) is 5.32 Å². The highest BCUT2D eigenvalue weighted by Gasteiger charge is 2.14. The molecule has 90 valence electrons. The Morgan fingerprint density at radius 3 is 2.59 bits per heavy atom. The standard InChI is InChI=1S/C15H19NO/c1-12(13-7-3-2-4-8-13)16-15-10-6-5-9-14(15)11-17/h2-4,7-8,11-12,16H,5-6,9-10H2,1H3/t12-/m0/s1. The second-order valence-electron chi connectivity index (χ2n) is 4.61. The van der Waals surface area contributed by atoms with E-state index in [1.54, 1.807) is 0 Å². The molecule has 2 nitrogen and oxygen atoms in total. The smallest absolute Gasteiger partial charge is 0.147 e. The average molecular weight is 229 g/mol. The summed E-state index contributed by atoms with van der Waals surface area (Å²) in [5.74, 6) is 0. The monoisotopic (exact) mass is 229 g/mol.